The molecule has 2 rings (SSSR count). The van der Waals surface area contributed by atoms with E-state index in [1.807, 2.05) is 0 Å². The molecule has 1 aromatic rings. The number of aryl methyl sites for hydroxylation is 1. The summed E-state index contributed by atoms with van der Waals surface area (Å²) in [6.45, 7) is 2.14. The van der Waals surface area contributed by atoms with Crippen molar-refractivity contribution in [3.63, 3.8) is 0 Å². The fraction of sp³-hybridized carbons (Fsp3) is 0.500. The Hall–Kier alpha value is -0.910. The van der Waals surface area contributed by atoms with Crippen molar-refractivity contribution >= 4 is 0 Å². The molecular formula is C14H19+. The third-order valence-electron chi connectivity index (χ3n) is 3.16. The molecular weight excluding hydrogens is 168 g/mol. The van der Waals surface area contributed by atoms with E-state index in [0.717, 1.165) is 5.92 Å². The smallest absolute Gasteiger partial charge is 0.0532 e. The van der Waals surface area contributed by atoms with Crippen LogP contribution in [0.15, 0.2) is 24.3 Å². The van der Waals surface area contributed by atoms with Crippen LogP contribution < -0.4 is 0 Å². The van der Waals surface area contributed by atoms with Crippen LogP contribution in [0.25, 0.3) is 0 Å². The lowest BCUT2D eigenvalue weighted by Crippen LogP contribution is -2.07. The normalized spacial score (nSPS) is 18.1. The molecule has 0 aromatic heterocycles. The lowest BCUT2D eigenvalue weighted by molar-refractivity contribution is 0.403. The maximum atomic E-state index is 2.46. The first-order chi connectivity index (χ1) is 6.84. The summed E-state index contributed by atoms with van der Waals surface area (Å²) in [4.78, 5) is 0. The van der Waals surface area contributed by atoms with E-state index >= 15 is 0 Å². The van der Waals surface area contributed by atoms with Crippen LogP contribution in [0, 0.1) is 19.3 Å². The summed E-state index contributed by atoms with van der Waals surface area (Å²) in [5.41, 5.74) is 2.76. The second-order valence-corrected chi connectivity index (χ2v) is 4.48. The maximum absolute atomic E-state index is 2.46. The molecule has 0 bridgehead atoms. The average molecular weight is 187 g/mol. The molecule has 0 aliphatic heterocycles. The highest BCUT2D eigenvalue weighted by Gasteiger charge is 2.17. The SMILES string of the molecule is Cc1ccc([CH+]C2CCCCC2)cc1. The predicted octanol–water partition coefficient (Wildman–Crippen LogP) is 4.13. The van der Waals surface area contributed by atoms with E-state index < -0.39 is 0 Å². The molecule has 0 heterocycles. The molecule has 0 saturated heterocycles. The van der Waals surface area contributed by atoms with Gasteiger partial charge in [0.05, 0.1) is 0 Å². The summed E-state index contributed by atoms with van der Waals surface area (Å²) in [5.74, 6) is 0.839. The molecule has 0 unspecified atom stereocenters. The van der Waals surface area contributed by atoms with Gasteiger partial charge in [-0.25, -0.2) is 0 Å². The summed E-state index contributed by atoms with van der Waals surface area (Å²) in [6, 6.07) is 8.89. The van der Waals surface area contributed by atoms with Gasteiger partial charge in [0.15, 0.2) is 0 Å². The Labute approximate surface area is 87.3 Å². The molecule has 0 N–H and O–H groups in total. The summed E-state index contributed by atoms with van der Waals surface area (Å²) in [6.07, 6.45) is 9.54. The quantitative estimate of drug-likeness (QED) is 0.611. The first kappa shape index (κ1) is 9.64. The minimum Gasteiger partial charge on any atom is -0.0532 e. The molecule has 0 heteroatoms. The third kappa shape index (κ3) is 2.54. The molecule has 0 amide bonds. The molecule has 1 fully saturated rings. The second-order valence-electron chi connectivity index (χ2n) is 4.48. The van der Waals surface area contributed by atoms with Gasteiger partial charge in [-0.2, -0.15) is 0 Å². The summed E-state index contributed by atoms with van der Waals surface area (Å²) < 4.78 is 0. The van der Waals surface area contributed by atoms with Crippen LogP contribution >= 0.6 is 0 Å². The molecule has 1 saturated carbocycles. The molecule has 1 aromatic carbocycles. The predicted molar refractivity (Wildman–Crippen MR) is 61.2 cm³/mol. The van der Waals surface area contributed by atoms with E-state index in [1.54, 1.807) is 0 Å². The fourth-order valence-electron chi connectivity index (χ4n) is 2.25. The van der Waals surface area contributed by atoms with E-state index in [0.29, 0.717) is 0 Å². The van der Waals surface area contributed by atoms with Crippen molar-refractivity contribution in [1.82, 2.24) is 0 Å². The molecule has 0 nitrogen and oxygen atoms in total. The highest BCUT2D eigenvalue weighted by atomic mass is 14.2. The van der Waals surface area contributed by atoms with Crippen LogP contribution in [0.5, 0.6) is 0 Å². The van der Waals surface area contributed by atoms with Gasteiger partial charge in [0, 0.05) is 24.5 Å². The Kier molecular flexibility index (Phi) is 3.13. The Morgan fingerprint density at radius 3 is 2.29 bits per heavy atom. The van der Waals surface area contributed by atoms with Crippen molar-refractivity contribution in [3.8, 4) is 0 Å². The fourth-order valence-corrected chi connectivity index (χ4v) is 2.25. The van der Waals surface area contributed by atoms with Gasteiger partial charge in [-0.15, -0.1) is 0 Å². The standard InChI is InChI=1S/C14H19/c1-12-7-9-14(10-8-12)11-13-5-3-2-4-6-13/h7-11,13H,2-6H2,1H3/q+1. The van der Waals surface area contributed by atoms with Gasteiger partial charge in [0.2, 0.25) is 0 Å². The Balaban J connectivity index is 1.92. The molecule has 0 spiro atoms. The second kappa shape index (κ2) is 4.54. The van der Waals surface area contributed by atoms with Crippen molar-refractivity contribution in [1.29, 1.82) is 0 Å². The van der Waals surface area contributed by atoms with Crippen LogP contribution in [-0.4, -0.2) is 0 Å². The highest BCUT2D eigenvalue weighted by Crippen LogP contribution is 2.28. The van der Waals surface area contributed by atoms with Crippen molar-refractivity contribution < 1.29 is 0 Å². The number of rotatable bonds is 2. The van der Waals surface area contributed by atoms with Gasteiger partial charge in [0.1, 0.15) is 5.56 Å². The van der Waals surface area contributed by atoms with Gasteiger partial charge in [-0.05, 0) is 37.5 Å². The average Bonchev–Trinajstić information content (AvgIpc) is 2.23. The van der Waals surface area contributed by atoms with Gasteiger partial charge < -0.3 is 0 Å². The van der Waals surface area contributed by atoms with Crippen LogP contribution in [0.2, 0.25) is 0 Å². The largest absolute Gasteiger partial charge is 0.130 e. The molecule has 14 heavy (non-hydrogen) atoms. The van der Waals surface area contributed by atoms with Crippen molar-refractivity contribution in [2.24, 2.45) is 5.92 Å². The molecule has 0 atom stereocenters. The van der Waals surface area contributed by atoms with Crippen molar-refractivity contribution in [2.75, 3.05) is 0 Å². The van der Waals surface area contributed by atoms with Crippen LogP contribution in [0.4, 0.5) is 0 Å². The summed E-state index contributed by atoms with van der Waals surface area (Å²) >= 11 is 0. The maximum Gasteiger partial charge on any atom is 0.130 e. The number of benzene rings is 1. The van der Waals surface area contributed by atoms with Gasteiger partial charge in [-0.3, -0.25) is 0 Å². The lowest BCUT2D eigenvalue weighted by Gasteiger charge is -2.17. The topological polar surface area (TPSA) is 0 Å². The molecule has 1 aliphatic rings. The zero-order valence-electron chi connectivity index (χ0n) is 9.00. The lowest BCUT2D eigenvalue weighted by atomic mass is 9.85. The summed E-state index contributed by atoms with van der Waals surface area (Å²) in [7, 11) is 0. The minimum absolute atomic E-state index is 0.839. The van der Waals surface area contributed by atoms with E-state index in [4.69, 9.17) is 0 Å². The molecule has 1 aliphatic carbocycles. The zero-order chi connectivity index (χ0) is 9.80. The van der Waals surface area contributed by atoms with E-state index in [1.165, 1.54) is 43.2 Å². The number of hydrogen-bond acceptors (Lipinski definition) is 0. The Bertz CT molecular complexity index is 265. The Morgan fingerprint density at radius 2 is 1.64 bits per heavy atom. The highest BCUT2D eigenvalue weighted by molar-refractivity contribution is 5.27. The van der Waals surface area contributed by atoms with E-state index in [-0.39, 0.29) is 0 Å². The zero-order valence-corrected chi connectivity index (χ0v) is 9.00. The van der Waals surface area contributed by atoms with Crippen LogP contribution in [-0.2, 0) is 0 Å². The van der Waals surface area contributed by atoms with E-state index in [9.17, 15) is 0 Å². The van der Waals surface area contributed by atoms with Gasteiger partial charge in [-0.1, -0.05) is 19.3 Å². The molecule has 0 radical (unpaired) electrons. The van der Waals surface area contributed by atoms with Crippen molar-refractivity contribution in [2.45, 2.75) is 39.0 Å². The first-order valence-electron chi connectivity index (χ1n) is 5.76. The van der Waals surface area contributed by atoms with Crippen LogP contribution in [0.1, 0.15) is 43.2 Å². The third-order valence-corrected chi connectivity index (χ3v) is 3.16. The van der Waals surface area contributed by atoms with Gasteiger partial charge in [0.25, 0.3) is 0 Å². The monoisotopic (exact) mass is 187 g/mol. The molecule has 74 valence electrons. The first-order valence-corrected chi connectivity index (χ1v) is 5.76. The Morgan fingerprint density at radius 1 is 1.00 bits per heavy atom. The minimum atomic E-state index is 0.839. The van der Waals surface area contributed by atoms with Crippen LogP contribution in [0.3, 0.4) is 0 Å². The van der Waals surface area contributed by atoms with Crippen molar-refractivity contribution in [3.05, 3.63) is 41.8 Å². The summed E-state index contributed by atoms with van der Waals surface area (Å²) in [5, 5.41) is 0. The van der Waals surface area contributed by atoms with Gasteiger partial charge >= 0.3 is 0 Å². The van der Waals surface area contributed by atoms with E-state index in [2.05, 4.69) is 37.6 Å². The number of hydrogen-bond donors (Lipinski definition) is 0.